The number of halogens is 2. The van der Waals surface area contributed by atoms with Gasteiger partial charge >= 0.3 is 0 Å². The van der Waals surface area contributed by atoms with E-state index in [1.165, 1.54) is 34.0 Å². The summed E-state index contributed by atoms with van der Waals surface area (Å²) in [6, 6.07) is 1.40. The van der Waals surface area contributed by atoms with Crippen molar-refractivity contribution >= 4 is 27.2 Å². The van der Waals surface area contributed by atoms with Crippen LogP contribution < -0.4 is 0 Å². The van der Waals surface area contributed by atoms with Crippen LogP contribution in [-0.2, 0) is 19.4 Å². The van der Waals surface area contributed by atoms with Crippen molar-refractivity contribution in [1.29, 1.82) is 0 Å². The summed E-state index contributed by atoms with van der Waals surface area (Å²) in [5.74, 6) is 0.544. The van der Waals surface area contributed by atoms with Crippen molar-refractivity contribution in [2.24, 2.45) is 0 Å². The molecule has 6 nitrogen and oxygen atoms in total. The van der Waals surface area contributed by atoms with Crippen molar-refractivity contribution in [3.63, 3.8) is 0 Å². The van der Waals surface area contributed by atoms with Gasteiger partial charge in [0.15, 0.2) is 11.5 Å². The second kappa shape index (κ2) is 5.80. The van der Waals surface area contributed by atoms with Crippen LogP contribution in [0.4, 0.5) is 8.78 Å². The minimum atomic E-state index is -2.58. The highest BCUT2D eigenvalue weighted by Gasteiger charge is 2.21. The van der Waals surface area contributed by atoms with Crippen LogP contribution in [0.3, 0.4) is 0 Å². The summed E-state index contributed by atoms with van der Waals surface area (Å²) >= 11 is 1.74. The largest absolute Gasteiger partial charge is 0.282 e. The van der Waals surface area contributed by atoms with E-state index in [9.17, 15) is 8.78 Å². The number of aromatic nitrogens is 6. The van der Waals surface area contributed by atoms with Crippen LogP contribution in [0.5, 0.6) is 0 Å². The molecule has 0 radical (unpaired) electrons. The van der Waals surface area contributed by atoms with E-state index in [2.05, 4.69) is 20.2 Å². The number of fused-ring (bicyclic) bond motifs is 5. The molecule has 0 unspecified atom stereocenters. The first-order valence-electron chi connectivity index (χ1n) is 8.57. The SMILES string of the molecule is Cc1cc(C(F)F)nn1Cc1nc2c3c4c(sc3ncn2n1)CCCC4. The van der Waals surface area contributed by atoms with Crippen LogP contribution >= 0.6 is 11.3 Å². The quantitative estimate of drug-likeness (QED) is 0.548. The Labute approximate surface area is 151 Å². The Balaban J connectivity index is 1.59. The van der Waals surface area contributed by atoms with Crippen LogP contribution in [0.2, 0.25) is 0 Å². The van der Waals surface area contributed by atoms with Gasteiger partial charge in [0.1, 0.15) is 23.4 Å². The van der Waals surface area contributed by atoms with Gasteiger partial charge in [0.05, 0.1) is 5.39 Å². The molecule has 4 aromatic rings. The van der Waals surface area contributed by atoms with Gasteiger partial charge in [-0.25, -0.2) is 23.3 Å². The van der Waals surface area contributed by atoms with Crippen LogP contribution in [0, 0.1) is 6.92 Å². The van der Waals surface area contributed by atoms with Crippen molar-refractivity contribution in [3.05, 3.63) is 40.0 Å². The molecular weight excluding hydrogens is 358 g/mol. The molecule has 0 aromatic carbocycles. The Morgan fingerprint density at radius 1 is 1.23 bits per heavy atom. The molecule has 1 aliphatic rings. The third-order valence-electron chi connectivity index (χ3n) is 4.85. The highest BCUT2D eigenvalue weighted by molar-refractivity contribution is 7.19. The van der Waals surface area contributed by atoms with Crippen molar-refractivity contribution in [2.75, 3.05) is 0 Å². The minimum Gasteiger partial charge on any atom is -0.262 e. The number of thiophene rings is 1. The molecule has 0 bridgehead atoms. The van der Waals surface area contributed by atoms with E-state index in [0.29, 0.717) is 11.5 Å². The highest BCUT2D eigenvalue weighted by atomic mass is 32.1. The van der Waals surface area contributed by atoms with Crippen LogP contribution in [0.15, 0.2) is 12.4 Å². The number of hydrogen-bond acceptors (Lipinski definition) is 5. The van der Waals surface area contributed by atoms with E-state index < -0.39 is 6.43 Å². The molecule has 0 atom stereocenters. The van der Waals surface area contributed by atoms with Gasteiger partial charge in [0.2, 0.25) is 0 Å². The van der Waals surface area contributed by atoms with Crippen molar-refractivity contribution < 1.29 is 8.78 Å². The minimum absolute atomic E-state index is 0.220. The fraction of sp³-hybridized carbons (Fsp3) is 0.412. The molecule has 9 heteroatoms. The molecule has 134 valence electrons. The number of nitrogens with zero attached hydrogens (tertiary/aromatic N) is 6. The van der Waals surface area contributed by atoms with E-state index in [1.807, 2.05) is 0 Å². The second-order valence-electron chi connectivity index (χ2n) is 6.60. The number of alkyl halides is 2. The monoisotopic (exact) mass is 374 g/mol. The third kappa shape index (κ3) is 2.41. The standard InChI is InChI=1S/C17H16F2N6S/c1-9-6-11(15(18)19)22-24(9)7-13-21-16-14-10-4-2-3-5-12(10)26-17(14)20-8-25(16)23-13/h6,8,15H,2-5,7H2,1H3. The summed E-state index contributed by atoms with van der Waals surface area (Å²) in [6.45, 7) is 2.01. The third-order valence-corrected chi connectivity index (χ3v) is 6.05. The molecule has 26 heavy (non-hydrogen) atoms. The predicted octanol–water partition coefficient (Wildman–Crippen LogP) is 3.71. The van der Waals surface area contributed by atoms with Crippen molar-refractivity contribution in [1.82, 2.24) is 29.4 Å². The summed E-state index contributed by atoms with van der Waals surface area (Å²) in [5.41, 5.74) is 2.59. The lowest BCUT2D eigenvalue weighted by molar-refractivity contribution is 0.145. The first-order chi connectivity index (χ1) is 12.6. The average Bonchev–Trinajstić information content (AvgIpc) is 3.29. The molecular formula is C17H16F2N6S. The molecule has 1 aliphatic carbocycles. The zero-order valence-corrected chi connectivity index (χ0v) is 14.9. The molecule has 0 spiro atoms. The first-order valence-corrected chi connectivity index (χ1v) is 9.39. The Kier molecular flexibility index (Phi) is 3.53. The van der Waals surface area contributed by atoms with Gasteiger partial charge < -0.3 is 0 Å². The summed E-state index contributed by atoms with van der Waals surface area (Å²) < 4.78 is 28.9. The molecule has 0 saturated carbocycles. The Morgan fingerprint density at radius 2 is 2.08 bits per heavy atom. The lowest BCUT2D eigenvalue weighted by Gasteiger charge is -2.09. The van der Waals surface area contributed by atoms with Crippen LogP contribution in [0.1, 0.15) is 46.9 Å². The predicted molar refractivity (Wildman–Crippen MR) is 93.8 cm³/mol. The zero-order chi connectivity index (χ0) is 17.8. The highest BCUT2D eigenvalue weighted by Crippen LogP contribution is 2.36. The zero-order valence-electron chi connectivity index (χ0n) is 14.1. The lowest BCUT2D eigenvalue weighted by atomic mass is 9.97. The fourth-order valence-electron chi connectivity index (χ4n) is 3.60. The molecule has 4 aromatic heterocycles. The molecule has 0 aliphatic heterocycles. The Bertz CT molecular complexity index is 1130. The van der Waals surface area contributed by atoms with E-state index in [0.717, 1.165) is 28.7 Å². The molecule has 0 N–H and O–H groups in total. The van der Waals surface area contributed by atoms with E-state index in [-0.39, 0.29) is 12.2 Å². The number of hydrogen-bond donors (Lipinski definition) is 0. The normalized spacial score (nSPS) is 14.6. The topological polar surface area (TPSA) is 60.9 Å². The second-order valence-corrected chi connectivity index (χ2v) is 7.68. The van der Waals surface area contributed by atoms with Gasteiger partial charge in [0.25, 0.3) is 6.43 Å². The Hall–Kier alpha value is -2.42. The van der Waals surface area contributed by atoms with Crippen molar-refractivity contribution in [3.8, 4) is 0 Å². The fourth-order valence-corrected chi connectivity index (χ4v) is 4.83. The van der Waals surface area contributed by atoms with Crippen LogP contribution in [-0.4, -0.2) is 29.4 Å². The van der Waals surface area contributed by atoms with Crippen molar-refractivity contribution in [2.45, 2.75) is 45.6 Å². The Morgan fingerprint density at radius 3 is 2.88 bits per heavy atom. The number of aryl methyl sites for hydroxylation is 3. The molecule has 4 heterocycles. The van der Waals surface area contributed by atoms with Gasteiger partial charge in [-0.3, -0.25) is 4.68 Å². The maximum absolute atomic E-state index is 12.8. The molecule has 0 fully saturated rings. The molecule has 0 saturated heterocycles. The van der Waals surface area contributed by atoms with Gasteiger partial charge in [-0.15, -0.1) is 16.4 Å². The van der Waals surface area contributed by atoms with Gasteiger partial charge in [-0.1, -0.05) is 0 Å². The first kappa shape index (κ1) is 15.8. The average molecular weight is 374 g/mol. The molecule has 5 rings (SSSR count). The smallest absolute Gasteiger partial charge is 0.262 e. The molecule has 0 amide bonds. The van der Waals surface area contributed by atoms with Gasteiger partial charge in [0, 0.05) is 10.6 Å². The van der Waals surface area contributed by atoms with E-state index in [4.69, 9.17) is 0 Å². The summed E-state index contributed by atoms with van der Waals surface area (Å²) in [4.78, 5) is 11.6. The lowest BCUT2D eigenvalue weighted by Crippen LogP contribution is -2.06. The van der Waals surface area contributed by atoms with Crippen LogP contribution in [0.25, 0.3) is 15.9 Å². The maximum Gasteiger partial charge on any atom is 0.282 e. The maximum atomic E-state index is 12.8. The summed E-state index contributed by atoms with van der Waals surface area (Å²) in [7, 11) is 0. The number of rotatable bonds is 3. The summed E-state index contributed by atoms with van der Waals surface area (Å²) in [5, 5.41) is 9.54. The summed E-state index contributed by atoms with van der Waals surface area (Å²) in [6.07, 6.45) is 3.66. The van der Waals surface area contributed by atoms with Gasteiger partial charge in [-0.05, 0) is 44.2 Å². The van der Waals surface area contributed by atoms with E-state index in [1.54, 1.807) is 29.1 Å². The van der Waals surface area contributed by atoms with Gasteiger partial charge in [-0.2, -0.15) is 5.10 Å². The van der Waals surface area contributed by atoms with E-state index >= 15 is 0 Å².